The third kappa shape index (κ3) is 3.11. The molecular formula is C10H10BrClO3. The maximum atomic E-state index is 10.8. The van der Waals surface area contributed by atoms with Crippen molar-refractivity contribution in [1.82, 2.24) is 0 Å². The summed E-state index contributed by atoms with van der Waals surface area (Å²) in [5, 5.41) is 9.15. The van der Waals surface area contributed by atoms with E-state index in [0.29, 0.717) is 23.3 Å². The number of carboxylic acid groups (broad SMARTS) is 1. The van der Waals surface area contributed by atoms with Crippen LogP contribution >= 0.6 is 27.5 Å². The van der Waals surface area contributed by atoms with E-state index in [1.807, 2.05) is 0 Å². The fraction of sp³-hybridized carbons (Fsp3) is 0.300. The standard InChI is InChI=1S/C10H10BrClO3/c1-2-3-15-9-5-8(12)6(10(13)14)4-7(9)11/h2,5-6H,1,3-4H2,(H,13,14). The molecule has 15 heavy (non-hydrogen) atoms. The van der Waals surface area contributed by atoms with Gasteiger partial charge in [-0.2, -0.15) is 0 Å². The molecule has 0 radical (unpaired) electrons. The first kappa shape index (κ1) is 12.3. The number of carboxylic acids is 1. The summed E-state index contributed by atoms with van der Waals surface area (Å²) in [6.07, 6.45) is 3.45. The van der Waals surface area contributed by atoms with Crippen molar-refractivity contribution in [3.05, 3.63) is 34.0 Å². The normalized spacial score (nSPS) is 20.9. The summed E-state index contributed by atoms with van der Waals surface area (Å²) in [5.41, 5.74) is 0. The molecule has 5 heteroatoms. The Labute approximate surface area is 101 Å². The molecule has 0 saturated heterocycles. The van der Waals surface area contributed by atoms with Crippen LogP contribution in [-0.4, -0.2) is 17.7 Å². The highest BCUT2D eigenvalue weighted by molar-refractivity contribution is 9.11. The highest BCUT2D eigenvalue weighted by Gasteiger charge is 2.27. The number of hydrogen-bond acceptors (Lipinski definition) is 2. The number of aliphatic carboxylic acids is 1. The second-order valence-corrected chi connectivity index (χ2v) is 4.39. The minimum atomic E-state index is -0.934. The lowest BCUT2D eigenvalue weighted by atomic mass is 10.00. The molecule has 82 valence electrons. The van der Waals surface area contributed by atoms with Crippen molar-refractivity contribution in [2.75, 3.05) is 6.61 Å². The van der Waals surface area contributed by atoms with Gasteiger partial charge in [-0.1, -0.05) is 40.2 Å². The first-order valence-electron chi connectivity index (χ1n) is 4.28. The molecule has 0 heterocycles. The lowest BCUT2D eigenvalue weighted by molar-refractivity contribution is -0.140. The van der Waals surface area contributed by atoms with Crippen molar-refractivity contribution < 1.29 is 14.6 Å². The smallest absolute Gasteiger partial charge is 0.312 e. The molecule has 0 aliphatic heterocycles. The van der Waals surface area contributed by atoms with E-state index in [1.165, 1.54) is 6.08 Å². The fourth-order valence-corrected chi connectivity index (χ4v) is 1.98. The number of carbonyl (C=O) groups is 1. The minimum Gasteiger partial charge on any atom is -0.489 e. The zero-order valence-electron chi connectivity index (χ0n) is 7.87. The first-order valence-corrected chi connectivity index (χ1v) is 5.45. The molecule has 0 fully saturated rings. The molecule has 1 rings (SSSR count). The average molecular weight is 294 g/mol. The summed E-state index contributed by atoms with van der Waals surface area (Å²) in [4.78, 5) is 10.8. The van der Waals surface area contributed by atoms with Crippen molar-refractivity contribution in [3.8, 4) is 0 Å². The van der Waals surface area contributed by atoms with Crippen LogP contribution in [0.2, 0.25) is 0 Å². The van der Waals surface area contributed by atoms with Crippen molar-refractivity contribution in [2.24, 2.45) is 5.92 Å². The summed E-state index contributed by atoms with van der Waals surface area (Å²) in [6.45, 7) is 3.89. The molecule has 0 amide bonds. The van der Waals surface area contributed by atoms with Crippen LogP contribution in [0, 0.1) is 5.92 Å². The Morgan fingerprint density at radius 2 is 2.53 bits per heavy atom. The molecule has 0 saturated carbocycles. The predicted octanol–water partition coefficient (Wildman–Crippen LogP) is 3.02. The molecule has 1 aliphatic rings. The van der Waals surface area contributed by atoms with Gasteiger partial charge in [0.05, 0.1) is 5.92 Å². The Bertz CT molecular complexity index is 347. The van der Waals surface area contributed by atoms with Crippen molar-refractivity contribution >= 4 is 33.5 Å². The lowest BCUT2D eigenvalue weighted by Crippen LogP contribution is -2.17. The quantitative estimate of drug-likeness (QED) is 0.811. The number of hydrogen-bond donors (Lipinski definition) is 1. The topological polar surface area (TPSA) is 46.5 Å². The molecule has 1 unspecified atom stereocenters. The van der Waals surface area contributed by atoms with E-state index >= 15 is 0 Å². The summed E-state index contributed by atoms with van der Waals surface area (Å²) in [6, 6.07) is 0. The number of halogens is 2. The molecule has 1 aliphatic carbocycles. The van der Waals surface area contributed by atoms with Crippen LogP contribution in [-0.2, 0) is 9.53 Å². The van der Waals surface area contributed by atoms with Crippen LogP contribution in [0.25, 0.3) is 0 Å². The third-order valence-corrected chi connectivity index (χ3v) is 2.99. The minimum absolute atomic E-state index is 0.282. The van der Waals surface area contributed by atoms with Gasteiger partial charge in [-0.3, -0.25) is 4.79 Å². The summed E-state index contributed by atoms with van der Waals surface area (Å²) in [5.74, 6) is -1.05. The number of rotatable bonds is 4. The van der Waals surface area contributed by atoms with E-state index in [-0.39, 0.29) is 5.03 Å². The van der Waals surface area contributed by atoms with Gasteiger partial charge in [0.1, 0.15) is 12.4 Å². The highest BCUT2D eigenvalue weighted by atomic mass is 79.9. The van der Waals surface area contributed by atoms with Crippen molar-refractivity contribution in [2.45, 2.75) is 6.42 Å². The zero-order chi connectivity index (χ0) is 11.4. The van der Waals surface area contributed by atoms with Crippen molar-refractivity contribution in [1.29, 1.82) is 0 Å². The Hall–Kier alpha value is -0.740. The van der Waals surface area contributed by atoms with Crippen LogP contribution in [0.5, 0.6) is 0 Å². The highest BCUT2D eigenvalue weighted by Crippen LogP contribution is 2.35. The molecule has 1 N–H and O–H groups in total. The van der Waals surface area contributed by atoms with Crippen LogP contribution in [0.3, 0.4) is 0 Å². The van der Waals surface area contributed by atoms with Gasteiger partial charge in [0.2, 0.25) is 0 Å². The first-order chi connectivity index (χ1) is 7.06. The predicted molar refractivity (Wildman–Crippen MR) is 61.8 cm³/mol. The largest absolute Gasteiger partial charge is 0.489 e. The van der Waals surface area contributed by atoms with Gasteiger partial charge in [0, 0.05) is 15.9 Å². The monoisotopic (exact) mass is 292 g/mol. The number of allylic oxidation sites excluding steroid dienone is 2. The van der Waals surface area contributed by atoms with Gasteiger partial charge in [-0.05, 0) is 6.08 Å². The second-order valence-electron chi connectivity index (χ2n) is 2.99. The van der Waals surface area contributed by atoms with E-state index in [1.54, 1.807) is 6.08 Å². The lowest BCUT2D eigenvalue weighted by Gasteiger charge is -2.19. The van der Waals surface area contributed by atoms with Crippen LogP contribution in [0.4, 0.5) is 0 Å². The average Bonchev–Trinajstić information content (AvgIpc) is 2.18. The molecule has 0 spiro atoms. The van der Waals surface area contributed by atoms with E-state index in [0.717, 1.165) is 0 Å². The maximum absolute atomic E-state index is 10.8. The molecular weight excluding hydrogens is 283 g/mol. The summed E-state index contributed by atoms with van der Waals surface area (Å²) in [7, 11) is 0. The SMILES string of the molecule is C=CCOC1=C(Br)CC(C(=O)O)C(Cl)=C1. The van der Waals surface area contributed by atoms with Gasteiger partial charge in [-0.25, -0.2) is 0 Å². The Kier molecular flexibility index (Phi) is 4.42. The molecule has 0 bridgehead atoms. The molecule has 0 aromatic rings. The van der Waals surface area contributed by atoms with Gasteiger partial charge >= 0.3 is 5.97 Å². The molecule has 1 atom stereocenters. The van der Waals surface area contributed by atoms with E-state index in [4.69, 9.17) is 21.4 Å². The van der Waals surface area contributed by atoms with Gasteiger partial charge in [-0.15, -0.1) is 0 Å². The van der Waals surface area contributed by atoms with Crippen molar-refractivity contribution in [3.63, 3.8) is 0 Å². The maximum Gasteiger partial charge on any atom is 0.312 e. The fourth-order valence-electron chi connectivity index (χ4n) is 1.16. The van der Waals surface area contributed by atoms with E-state index in [2.05, 4.69) is 22.5 Å². The van der Waals surface area contributed by atoms with E-state index < -0.39 is 11.9 Å². The molecule has 3 nitrogen and oxygen atoms in total. The molecule has 0 aromatic carbocycles. The van der Waals surface area contributed by atoms with Gasteiger partial charge < -0.3 is 9.84 Å². The third-order valence-electron chi connectivity index (χ3n) is 1.91. The van der Waals surface area contributed by atoms with Crippen LogP contribution in [0.1, 0.15) is 6.42 Å². The van der Waals surface area contributed by atoms with Gasteiger partial charge in [0.15, 0.2) is 0 Å². The van der Waals surface area contributed by atoms with Crippen LogP contribution < -0.4 is 0 Å². The van der Waals surface area contributed by atoms with Crippen LogP contribution in [0.15, 0.2) is 34.0 Å². The molecule has 0 aromatic heterocycles. The summed E-state index contributed by atoms with van der Waals surface area (Å²) >= 11 is 9.11. The van der Waals surface area contributed by atoms with E-state index in [9.17, 15) is 4.79 Å². The Morgan fingerprint density at radius 3 is 3.07 bits per heavy atom. The zero-order valence-corrected chi connectivity index (χ0v) is 10.2. The van der Waals surface area contributed by atoms with Gasteiger partial charge in [0.25, 0.3) is 0 Å². The Balaban J connectivity index is 2.81. The second kappa shape index (κ2) is 5.37. The summed E-state index contributed by atoms with van der Waals surface area (Å²) < 4.78 is 6.01. The Morgan fingerprint density at radius 1 is 1.87 bits per heavy atom. The number of ether oxygens (including phenoxy) is 1.